The zero-order chi connectivity index (χ0) is 14.8. The minimum Gasteiger partial charge on any atom is -0.496 e. The number of hydrogen-bond donors (Lipinski definition) is 1. The maximum Gasteiger partial charge on any atom is 0.134 e. The van der Waals surface area contributed by atoms with E-state index >= 15 is 0 Å². The number of ether oxygens (including phenoxy) is 2. The molecule has 116 valence electrons. The van der Waals surface area contributed by atoms with Crippen LogP contribution in [0.25, 0.3) is 0 Å². The van der Waals surface area contributed by atoms with Crippen molar-refractivity contribution < 1.29 is 9.47 Å². The van der Waals surface area contributed by atoms with E-state index in [1.165, 1.54) is 25.7 Å². The van der Waals surface area contributed by atoms with Crippen molar-refractivity contribution in [3.8, 4) is 11.5 Å². The van der Waals surface area contributed by atoms with Crippen LogP contribution in [0.15, 0.2) is 21.1 Å². The van der Waals surface area contributed by atoms with Crippen LogP contribution in [0.4, 0.5) is 0 Å². The Balaban J connectivity index is 1.47. The Hall–Kier alpha value is -0.260. The fourth-order valence-corrected chi connectivity index (χ4v) is 3.71. The zero-order valence-corrected chi connectivity index (χ0v) is 15.4. The molecule has 2 saturated carbocycles. The summed E-state index contributed by atoms with van der Waals surface area (Å²) in [6, 6.07) is 4.60. The first-order valence-corrected chi connectivity index (χ1v) is 9.17. The molecule has 0 radical (unpaired) electrons. The second kappa shape index (κ2) is 6.88. The molecule has 2 aliphatic carbocycles. The van der Waals surface area contributed by atoms with E-state index < -0.39 is 0 Å². The van der Waals surface area contributed by atoms with E-state index in [1.54, 1.807) is 7.11 Å². The predicted octanol–water partition coefficient (Wildman–Crippen LogP) is 4.38. The van der Waals surface area contributed by atoms with Crippen LogP contribution in [-0.4, -0.2) is 26.3 Å². The quantitative estimate of drug-likeness (QED) is 0.635. The molecule has 0 bridgehead atoms. The molecule has 3 rings (SSSR count). The lowest BCUT2D eigenvalue weighted by molar-refractivity contribution is 0.291. The van der Waals surface area contributed by atoms with Crippen LogP contribution in [0.5, 0.6) is 11.5 Å². The van der Waals surface area contributed by atoms with Crippen molar-refractivity contribution in [2.45, 2.75) is 31.7 Å². The average molecular weight is 419 g/mol. The van der Waals surface area contributed by atoms with Gasteiger partial charge in [0.25, 0.3) is 0 Å². The van der Waals surface area contributed by atoms with Gasteiger partial charge in [-0.1, -0.05) is 0 Å². The van der Waals surface area contributed by atoms with Gasteiger partial charge in [-0.2, -0.15) is 0 Å². The molecule has 0 saturated heterocycles. The fourth-order valence-electron chi connectivity index (χ4n) is 2.79. The van der Waals surface area contributed by atoms with Gasteiger partial charge in [0.15, 0.2) is 0 Å². The maximum atomic E-state index is 5.87. The normalized spacial score (nSPS) is 18.1. The third kappa shape index (κ3) is 4.14. The fraction of sp³-hybridized carbons (Fsp3) is 0.625. The molecule has 0 unspecified atom stereocenters. The molecule has 0 aromatic heterocycles. The molecule has 1 N–H and O–H groups in total. The van der Waals surface area contributed by atoms with E-state index in [2.05, 4.69) is 37.2 Å². The second-order valence-corrected chi connectivity index (χ2v) is 7.63. The second-order valence-electron chi connectivity index (χ2n) is 5.92. The molecule has 0 aliphatic heterocycles. The molecule has 1 aromatic carbocycles. The SMILES string of the molecule is COc1cc(Br)c(OCCNC(C2CC2)C2CC2)cc1Br. The van der Waals surface area contributed by atoms with Crippen LogP contribution < -0.4 is 14.8 Å². The monoisotopic (exact) mass is 417 g/mol. The van der Waals surface area contributed by atoms with Gasteiger partial charge in [-0.15, -0.1) is 0 Å². The highest BCUT2D eigenvalue weighted by Gasteiger charge is 2.40. The highest BCUT2D eigenvalue weighted by Crippen LogP contribution is 2.44. The first kappa shape index (κ1) is 15.6. The summed E-state index contributed by atoms with van der Waals surface area (Å²) in [5.41, 5.74) is 0. The standard InChI is InChI=1S/C16H21Br2NO2/c1-20-14-8-13(18)15(9-12(14)17)21-7-6-19-16(10-2-3-10)11-4-5-11/h8-11,16,19H,2-7H2,1H3. The Morgan fingerprint density at radius 1 is 1.10 bits per heavy atom. The Morgan fingerprint density at radius 3 is 2.24 bits per heavy atom. The summed E-state index contributed by atoms with van der Waals surface area (Å²) >= 11 is 7.01. The molecule has 2 aliphatic rings. The molecule has 3 nitrogen and oxygen atoms in total. The Kier molecular flexibility index (Phi) is 5.12. The summed E-state index contributed by atoms with van der Waals surface area (Å²) in [7, 11) is 1.66. The van der Waals surface area contributed by atoms with E-state index in [9.17, 15) is 0 Å². The lowest BCUT2D eigenvalue weighted by Crippen LogP contribution is -2.36. The van der Waals surface area contributed by atoms with Crippen molar-refractivity contribution in [1.82, 2.24) is 5.32 Å². The maximum absolute atomic E-state index is 5.87. The van der Waals surface area contributed by atoms with Crippen molar-refractivity contribution in [3.63, 3.8) is 0 Å². The lowest BCUT2D eigenvalue weighted by atomic mass is 10.1. The number of nitrogens with one attached hydrogen (secondary N) is 1. The van der Waals surface area contributed by atoms with Crippen LogP contribution in [-0.2, 0) is 0 Å². The van der Waals surface area contributed by atoms with Crippen LogP contribution in [0.1, 0.15) is 25.7 Å². The Morgan fingerprint density at radius 2 is 1.67 bits per heavy atom. The van der Waals surface area contributed by atoms with E-state index in [4.69, 9.17) is 9.47 Å². The average Bonchev–Trinajstić information content (AvgIpc) is 3.35. The molecule has 2 fully saturated rings. The van der Waals surface area contributed by atoms with Gasteiger partial charge in [-0.3, -0.25) is 0 Å². The van der Waals surface area contributed by atoms with E-state index in [0.717, 1.165) is 44.9 Å². The van der Waals surface area contributed by atoms with Crippen molar-refractivity contribution in [2.75, 3.05) is 20.3 Å². The summed E-state index contributed by atoms with van der Waals surface area (Å²) in [6.07, 6.45) is 5.63. The van der Waals surface area contributed by atoms with Crippen molar-refractivity contribution in [3.05, 3.63) is 21.1 Å². The van der Waals surface area contributed by atoms with Gasteiger partial charge in [0.2, 0.25) is 0 Å². The van der Waals surface area contributed by atoms with Crippen molar-refractivity contribution >= 4 is 31.9 Å². The highest BCUT2D eigenvalue weighted by molar-refractivity contribution is 9.11. The van der Waals surface area contributed by atoms with Crippen molar-refractivity contribution in [1.29, 1.82) is 0 Å². The Bertz CT molecular complexity index is 489. The van der Waals surface area contributed by atoms with Crippen LogP contribution in [0, 0.1) is 11.8 Å². The van der Waals surface area contributed by atoms with Gasteiger partial charge in [0.1, 0.15) is 18.1 Å². The number of methoxy groups -OCH3 is 1. The first-order chi connectivity index (χ1) is 10.2. The Labute approximate surface area is 143 Å². The summed E-state index contributed by atoms with van der Waals surface area (Å²) < 4.78 is 13.0. The molecular formula is C16H21Br2NO2. The van der Waals surface area contributed by atoms with E-state index in [0.29, 0.717) is 6.61 Å². The van der Waals surface area contributed by atoms with Gasteiger partial charge < -0.3 is 14.8 Å². The number of benzene rings is 1. The van der Waals surface area contributed by atoms with Gasteiger partial charge >= 0.3 is 0 Å². The zero-order valence-electron chi connectivity index (χ0n) is 12.2. The van der Waals surface area contributed by atoms with E-state index in [1.807, 2.05) is 12.1 Å². The summed E-state index contributed by atoms with van der Waals surface area (Å²) in [6.45, 7) is 1.60. The topological polar surface area (TPSA) is 30.5 Å². The van der Waals surface area contributed by atoms with Gasteiger partial charge in [-0.25, -0.2) is 0 Å². The van der Waals surface area contributed by atoms with Crippen LogP contribution in [0.3, 0.4) is 0 Å². The highest BCUT2D eigenvalue weighted by atomic mass is 79.9. The first-order valence-electron chi connectivity index (χ1n) is 7.58. The minimum absolute atomic E-state index is 0.688. The van der Waals surface area contributed by atoms with Crippen LogP contribution >= 0.6 is 31.9 Å². The number of halogens is 2. The summed E-state index contributed by atoms with van der Waals surface area (Å²) in [5.74, 6) is 3.51. The third-order valence-electron chi connectivity index (χ3n) is 4.21. The molecule has 0 heterocycles. The summed E-state index contributed by atoms with van der Waals surface area (Å²) in [4.78, 5) is 0. The van der Waals surface area contributed by atoms with Crippen molar-refractivity contribution in [2.24, 2.45) is 11.8 Å². The smallest absolute Gasteiger partial charge is 0.134 e. The largest absolute Gasteiger partial charge is 0.496 e. The minimum atomic E-state index is 0.688. The van der Waals surface area contributed by atoms with Gasteiger partial charge in [0.05, 0.1) is 16.1 Å². The molecule has 0 atom stereocenters. The molecule has 5 heteroatoms. The van der Waals surface area contributed by atoms with E-state index in [-0.39, 0.29) is 0 Å². The number of hydrogen-bond acceptors (Lipinski definition) is 3. The van der Waals surface area contributed by atoms with Gasteiger partial charge in [0, 0.05) is 12.6 Å². The predicted molar refractivity (Wildman–Crippen MR) is 91.1 cm³/mol. The van der Waals surface area contributed by atoms with Crippen LogP contribution in [0.2, 0.25) is 0 Å². The number of rotatable bonds is 8. The lowest BCUT2D eigenvalue weighted by Gasteiger charge is -2.18. The molecular weight excluding hydrogens is 398 g/mol. The molecule has 0 amide bonds. The van der Waals surface area contributed by atoms with Gasteiger partial charge in [-0.05, 0) is 81.5 Å². The summed E-state index contributed by atoms with van der Waals surface area (Å²) in [5, 5.41) is 3.69. The molecule has 21 heavy (non-hydrogen) atoms. The molecule has 0 spiro atoms. The molecule has 1 aromatic rings. The third-order valence-corrected chi connectivity index (χ3v) is 5.45.